The Balaban J connectivity index is 1.80. The number of aromatic nitrogens is 2. The van der Waals surface area contributed by atoms with Gasteiger partial charge >= 0.3 is 0 Å². The highest BCUT2D eigenvalue weighted by atomic mass is 16.2. The van der Waals surface area contributed by atoms with Crippen LogP contribution in [0.25, 0.3) is 11.3 Å². The van der Waals surface area contributed by atoms with Gasteiger partial charge in [-0.1, -0.05) is 12.1 Å². The van der Waals surface area contributed by atoms with Gasteiger partial charge in [-0.25, -0.2) is 4.98 Å². The molecule has 2 aromatic rings. The lowest BCUT2D eigenvalue weighted by Gasteiger charge is -2.29. The molecule has 1 amide bonds. The Bertz CT molecular complexity index is 792. The molecular weight excluding hydrogens is 300 g/mol. The van der Waals surface area contributed by atoms with E-state index in [1.165, 1.54) is 0 Å². The fraction of sp³-hybridized carbons (Fsp3) is 0.368. The summed E-state index contributed by atoms with van der Waals surface area (Å²) in [6.45, 7) is 5.09. The van der Waals surface area contributed by atoms with E-state index >= 15 is 0 Å². The summed E-state index contributed by atoms with van der Waals surface area (Å²) in [7, 11) is 0. The normalized spacial score (nSPS) is 17.4. The van der Waals surface area contributed by atoms with Crippen molar-refractivity contribution in [1.82, 2.24) is 14.9 Å². The van der Waals surface area contributed by atoms with Crippen molar-refractivity contribution in [3.8, 4) is 17.3 Å². The maximum absolute atomic E-state index is 12.6. The summed E-state index contributed by atoms with van der Waals surface area (Å²) < 4.78 is 0. The van der Waals surface area contributed by atoms with Crippen LogP contribution in [0.2, 0.25) is 0 Å². The summed E-state index contributed by atoms with van der Waals surface area (Å²) in [5.74, 6) is -0.0549. The van der Waals surface area contributed by atoms with Crippen LogP contribution >= 0.6 is 0 Å². The molecule has 0 N–H and O–H groups in total. The molecular formula is C19H20N4O. The van der Waals surface area contributed by atoms with Crippen molar-refractivity contribution < 1.29 is 4.79 Å². The van der Waals surface area contributed by atoms with Crippen molar-refractivity contribution in [1.29, 1.82) is 5.26 Å². The number of aryl methyl sites for hydroxylation is 2. The SMILES string of the molecule is Cc1cnc(C)c(-c2ccc(C(=O)N3CCCC(C#N)C3)cc2)n1. The molecule has 1 aliphatic rings. The summed E-state index contributed by atoms with van der Waals surface area (Å²) in [5, 5.41) is 9.07. The minimum atomic E-state index is -0.0489. The first-order valence-electron chi connectivity index (χ1n) is 8.18. The number of nitriles is 1. The summed E-state index contributed by atoms with van der Waals surface area (Å²) >= 11 is 0. The van der Waals surface area contributed by atoms with Gasteiger partial charge < -0.3 is 4.90 Å². The average Bonchev–Trinajstić information content (AvgIpc) is 2.63. The summed E-state index contributed by atoms with van der Waals surface area (Å²) in [6, 6.07) is 9.76. The molecule has 5 heteroatoms. The average molecular weight is 320 g/mol. The third kappa shape index (κ3) is 3.28. The van der Waals surface area contributed by atoms with E-state index in [0.717, 1.165) is 42.0 Å². The van der Waals surface area contributed by atoms with Gasteiger partial charge in [-0.3, -0.25) is 9.78 Å². The second-order valence-corrected chi connectivity index (χ2v) is 6.24. The lowest BCUT2D eigenvalue weighted by Crippen LogP contribution is -2.39. The number of nitrogens with zero attached hydrogens (tertiary/aromatic N) is 4. The first-order valence-corrected chi connectivity index (χ1v) is 8.18. The number of hydrogen-bond donors (Lipinski definition) is 0. The Morgan fingerprint density at radius 1 is 1.29 bits per heavy atom. The van der Waals surface area contributed by atoms with Crippen molar-refractivity contribution in [2.45, 2.75) is 26.7 Å². The molecule has 0 saturated carbocycles. The van der Waals surface area contributed by atoms with Gasteiger partial charge in [0.2, 0.25) is 0 Å². The highest BCUT2D eigenvalue weighted by Gasteiger charge is 2.24. The number of piperidine rings is 1. The van der Waals surface area contributed by atoms with Gasteiger partial charge in [0.15, 0.2) is 0 Å². The van der Waals surface area contributed by atoms with Gasteiger partial charge in [0.05, 0.1) is 29.1 Å². The largest absolute Gasteiger partial charge is 0.337 e. The predicted molar refractivity (Wildman–Crippen MR) is 91.2 cm³/mol. The Morgan fingerprint density at radius 2 is 2.04 bits per heavy atom. The molecule has 5 nitrogen and oxygen atoms in total. The van der Waals surface area contributed by atoms with Crippen molar-refractivity contribution in [2.75, 3.05) is 13.1 Å². The molecule has 1 atom stereocenters. The van der Waals surface area contributed by atoms with Gasteiger partial charge in [-0.15, -0.1) is 0 Å². The maximum Gasteiger partial charge on any atom is 0.253 e. The van der Waals surface area contributed by atoms with Crippen LogP contribution in [0.3, 0.4) is 0 Å². The molecule has 0 bridgehead atoms. The molecule has 1 aliphatic heterocycles. The van der Waals surface area contributed by atoms with Crippen LogP contribution in [0, 0.1) is 31.1 Å². The lowest BCUT2D eigenvalue weighted by molar-refractivity contribution is 0.0699. The minimum Gasteiger partial charge on any atom is -0.337 e. The molecule has 0 aliphatic carbocycles. The fourth-order valence-corrected chi connectivity index (χ4v) is 3.03. The van der Waals surface area contributed by atoms with Crippen molar-refractivity contribution in [3.05, 3.63) is 47.4 Å². The number of carbonyl (C=O) groups excluding carboxylic acids is 1. The van der Waals surface area contributed by atoms with Crippen molar-refractivity contribution in [3.63, 3.8) is 0 Å². The first-order chi connectivity index (χ1) is 11.6. The lowest BCUT2D eigenvalue weighted by atomic mass is 9.98. The summed E-state index contributed by atoms with van der Waals surface area (Å²) in [4.78, 5) is 23.3. The van der Waals surface area contributed by atoms with Crippen LogP contribution in [0.15, 0.2) is 30.5 Å². The Hall–Kier alpha value is -2.74. The van der Waals surface area contributed by atoms with Crippen LogP contribution in [0.5, 0.6) is 0 Å². The number of amides is 1. The van der Waals surface area contributed by atoms with Gasteiger partial charge in [0, 0.05) is 30.4 Å². The number of rotatable bonds is 2. The fourth-order valence-electron chi connectivity index (χ4n) is 3.03. The predicted octanol–water partition coefficient (Wildman–Crippen LogP) is 3.14. The van der Waals surface area contributed by atoms with E-state index in [1.54, 1.807) is 11.1 Å². The van der Waals surface area contributed by atoms with E-state index in [1.807, 2.05) is 38.1 Å². The molecule has 2 heterocycles. The minimum absolute atomic E-state index is 0.00597. The van der Waals surface area contributed by atoms with Crippen molar-refractivity contribution in [2.24, 2.45) is 5.92 Å². The molecule has 0 radical (unpaired) electrons. The third-order valence-corrected chi connectivity index (χ3v) is 4.37. The molecule has 1 saturated heterocycles. The van der Waals surface area contributed by atoms with Crippen molar-refractivity contribution >= 4 is 5.91 Å². The van der Waals surface area contributed by atoms with E-state index in [-0.39, 0.29) is 11.8 Å². The van der Waals surface area contributed by atoms with Gasteiger partial charge in [0.1, 0.15) is 0 Å². The quantitative estimate of drug-likeness (QED) is 0.852. The van der Waals surface area contributed by atoms with Crippen LogP contribution in [0.4, 0.5) is 0 Å². The molecule has 1 unspecified atom stereocenters. The highest BCUT2D eigenvalue weighted by Crippen LogP contribution is 2.22. The Labute approximate surface area is 142 Å². The monoisotopic (exact) mass is 320 g/mol. The first kappa shape index (κ1) is 16.1. The maximum atomic E-state index is 12.6. The molecule has 1 fully saturated rings. The Kier molecular flexibility index (Phi) is 4.57. The van der Waals surface area contributed by atoms with E-state index in [4.69, 9.17) is 5.26 Å². The zero-order valence-electron chi connectivity index (χ0n) is 14.0. The van der Waals surface area contributed by atoms with Gasteiger partial charge in [0.25, 0.3) is 5.91 Å². The third-order valence-electron chi connectivity index (χ3n) is 4.37. The smallest absolute Gasteiger partial charge is 0.253 e. The van der Waals surface area contributed by atoms with Gasteiger partial charge in [-0.2, -0.15) is 5.26 Å². The summed E-state index contributed by atoms with van der Waals surface area (Å²) in [6.07, 6.45) is 3.52. The van der Waals surface area contributed by atoms with Gasteiger partial charge in [-0.05, 0) is 38.8 Å². The molecule has 3 rings (SSSR count). The zero-order valence-corrected chi connectivity index (χ0v) is 14.0. The highest BCUT2D eigenvalue weighted by molar-refractivity contribution is 5.94. The second kappa shape index (κ2) is 6.79. The second-order valence-electron chi connectivity index (χ2n) is 6.24. The molecule has 0 spiro atoms. The van der Waals surface area contributed by atoms with Crippen LogP contribution in [-0.4, -0.2) is 33.9 Å². The molecule has 24 heavy (non-hydrogen) atoms. The summed E-state index contributed by atoms with van der Waals surface area (Å²) in [5.41, 5.74) is 4.18. The number of likely N-dealkylation sites (tertiary alicyclic amines) is 1. The van der Waals surface area contributed by atoms with E-state index < -0.39 is 0 Å². The zero-order chi connectivity index (χ0) is 17.1. The number of carbonyl (C=O) groups is 1. The van der Waals surface area contributed by atoms with E-state index in [0.29, 0.717) is 12.1 Å². The number of hydrogen-bond acceptors (Lipinski definition) is 4. The van der Waals surface area contributed by atoms with Crippen LogP contribution < -0.4 is 0 Å². The molecule has 1 aromatic carbocycles. The van der Waals surface area contributed by atoms with E-state index in [2.05, 4.69) is 16.0 Å². The van der Waals surface area contributed by atoms with E-state index in [9.17, 15) is 4.79 Å². The Morgan fingerprint density at radius 3 is 2.75 bits per heavy atom. The standard InChI is InChI=1S/C19H20N4O/c1-13-11-21-14(2)18(22-13)16-5-7-17(8-6-16)19(24)23-9-3-4-15(10-20)12-23/h5-8,11,15H,3-4,9,12H2,1-2H3. The van der Waals surface area contributed by atoms with Crippen LogP contribution in [0.1, 0.15) is 34.6 Å². The molecule has 1 aromatic heterocycles. The number of benzene rings is 1. The molecule has 122 valence electrons. The topological polar surface area (TPSA) is 69.9 Å². The van der Waals surface area contributed by atoms with Crippen LogP contribution in [-0.2, 0) is 0 Å².